The molecule has 5 heteroatoms. The van der Waals surface area contributed by atoms with E-state index in [1.807, 2.05) is 0 Å². The van der Waals surface area contributed by atoms with Crippen molar-refractivity contribution in [3.8, 4) is 5.75 Å². The zero-order chi connectivity index (χ0) is 14.7. The zero-order valence-corrected chi connectivity index (χ0v) is 12.2. The molecule has 1 atom stereocenters. The third-order valence-corrected chi connectivity index (χ3v) is 3.53. The summed E-state index contributed by atoms with van der Waals surface area (Å²) >= 11 is 11.6. The van der Waals surface area contributed by atoms with Crippen LogP contribution in [-0.2, 0) is 6.42 Å². The van der Waals surface area contributed by atoms with Gasteiger partial charge in [-0.05, 0) is 23.8 Å². The lowest BCUT2D eigenvalue weighted by Crippen LogP contribution is -2.05. The average Bonchev–Trinajstić information content (AvgIpc) is 2.43. The summed E-state index contributed by atoms with van der Waals surface area (Å²) in [5, 5.41) is 10.8. The minimum atomic E-state index is -0.907. The van der Waals surface area contributed by atoms with E-state index in [9.17, 15) is 9.50 Å². The van der Waals surface area contributed by atoms with Gasteiger partial charge in [-0.1, -0.05) is 41.4 Å². The van der Waals surface area contributed by atoms with E-state index >= 15 is 0 Å². The number of benzene rings is 2. The van der Waals surface area contributed by atoms with E-state index in [0.29, 0.717) is 21.9 Å². The Hall–Kier alpha value is -1.29. The Morgan fingerprint density at radius 3 is 2.70 bits per heavy atom. The predicted molar refractivity (Wildman–Crippen MR) is 78.1 cm³/mol. The SMILES string of the molecule is COc1cc(Cl)ccc1C(O)Cc1cccc(Cl)c1F. The molecule has 106 valence electrons. The first-order valence-corrected chi connectivity index (χ1v) is 6.73. The lowest BCUT2D eigenvalue weighted by molar-refractivity contribution is 0.173. The normalized spacial score (nSPS) is 12.2. The standard InChI is InChI=1S/C15H13Cl2FO2/c1-20-14-8-10(16)5-6-11(14)13(19)7-9-3-2-4-12(17)15(9)18/h2-6,8,13,19H,7H2,1H3. The Balaban J connectivity index is 2.28. The zero-order valence-electron chi connectivity index (χ0n) is 10.7. The van der Waals surface area contributed by atoms with E-state index in [-0.39, 0.29) is 11.4 Å². The van der Waals surface area contributed by atoms with Gasteiger partial charge in [0.15, 0.2) is 0 Å². The monoisotopic (exact) mass is 314 g/mol. The molecule has 1 unspecified atom stereocenters. The Kier molecular flexibility index (Phi) is 4.86. The van der Waals surface area contributed by atoms with Crippen molar-refractivity contribution in [1.29, 1.82) is 0 Å². The van der Waals surface area contributed by atoms with E-state index in [2.05, 4.69) is 0 Å². The van der Waals surface area contributed by atoms with E-state index in [1.165, 1.54) is 13.2 Å². The number of hydrogen-bond donors (Lipinski definition) is 1. The highest BCUT2D eigenvalue weighted by molar-refractivity contribution is 6.31. The molecule has 2 nitrogen and oxygen atoms in total. The molecule has 20 heavy (non-hydrogen) atoms. The molecule has 0 aliphatic heterocycles. The second-order valence-corrected chi connectivity index (χ2v) is 5.16. The maximum atomic E-state index is 13.8. The highest BCUT2D eigenvalue weighted by Crippen LogP contribution is 2.31. The molecule has 0 amide bonds. The van der Waals surface area contributed by atoms with Crippen LogP contribution in [0.3, 0.4) is 0 Å². The van der Waals surface area contributed by atoms with Gasteiger partial charge in [-0.15, -0.1) is 0 Å². The van der Waals surface area contributed by atoms with Gasteiger partial charge < -0.3 is 9.84 Å². The fourth-order valence-corrected chi connectivity index (χ4v) is 2.34. The summed E-state index contributed by atoms with van der Waals surface area (Å²) < 4.78 is 19.0. The van der Waals surface area contributed by atoms with Gasteiger partial charge in [-0.3, -0.25) is 0 Å². The van der Waals surface area contributed by atoms with Crippen molar-refractivity contribution in [1.82, 2.24) is 0 Å². The lowest BCUT2D eigenvalue weighted by atomic mass is 10.0. The molecule has 0 radical (unpaired) electrons. The van der Waals surface area contributed by atoms with Crippen molar-refractivity contribution in [2.24, 2.45) is 0 Å². The minimum absolute atomic E-state index is 0.0396. The highest BCUT2D eigenvalue weighted by Gasteiger charge is 2.17. The van der Waals surface area contributed by atoms with Gasteiger partial charge in [-0.25, -0.2) is 4.39 Å². The van der Waals surface area contributed by atoms with Crippen molar-refractivity contribution in [3.05, 3.63) is 63.4 Å². The molecular weight excluding hydrogens is 302 g/mol. The number of methoxy groups -OCH3 is 1. The van der Waals surface area contributed by atoms with Crippen molar-refractivity contribution in [2.75, 3.05) is 7.11 Å². The number of rotatable bonds is 4. The Bertz CT molecular complexity index is 617. The molecule has 0 heterocycles. The van der Waals surface area contributed by atoms with Gasteiger partial charge in [0.25, 0.3) is 0 Å². The molecule has 0 fully saturated rings. The minimum Gasteiger partial charge on any atom is -0.496 e. The van der Waals surface area contributed by atoms with E-state index in [0.717, 1.165) is 0 Å². The van der Waals surface area contributed by atoms with Gasteiger partial charge in [0.05, 0.1) is 18.2 Å². The Morgan fingerprint density at radius 2 is 2.00 bits per heavy atom. The van der Waals surface area contributed by atoms with Crippen LogP contribution < -0.4 is 4.74 Å². The van der Waals surface area contributed by atoms with E-state index < -0.39 is 11.9 Å². The average molecular weight is 315 g/mol. The van der Waals surface area contributed by atoms with E-state index in [1.54, 1.807) is 30.3 Å². The number of ether oxygens (including phenoxy) is 1. The predicted octanol–water partition coefficient (Wildman–Crippen LogP) is 4.42. The summed E-state index contributed by atoms with van der Waals surface area (Å²) in [6.07, 6.45) is -0.806. The van der Waals surface area contributed by atoms with Crippen LogP contribution in [0.5, 0.6) is 5.75 Å². The van der Waals surface area contributed by atoms with Crippen LogP contribution in [0, 0.1) is 5.82 Å². The quantitative estimate of drug-likeness (QED) is 0.905. The Morgan fingerprint density at radius 1 is 1.25 bits per heavy atom. The first-order valence-electron chi connectivity index (χ1n) is 5.97. The van der Waals surface area contributed by atoms with Gasteiger partial charge >= 0.3 is 0 Å². The maximum absolute atomic E-state index is 13.8. The van der Waals surface area contributed by atoms with Crippen LogP contribution in [0.4, 0.5) is 4.39 Å². The topological polar surface area (TPSA) is 29.5 Å². The second-order valence-electron chi connectivity index (χ2n) is 4.32. The molecule has 2 rings (SSSR count). The molecule has 0 aliphatic rings. The summed E-state index contributed by atoms with van der Waals surface area (Å²) in [6, 6.07) is 9.62. The van der Waals surface area contributed by atoms with Crippen LogP contribution in [-0.4, -0.2) is 12.2 Å². The first kappa shape index (κ1) is 15.1. The van der Waals surface area contributed by atoms with Crippen molar-refractivity contribution < 1.29 is 14.2 Å². The molecule has 0 saturated carbocycles. The molecular formula is C15H13Cl2FO2. The maximum Gasteiger partial charge on any atom is 0.145 e. The molecule has 0 spiro atoms. The van der Waals surface area contributed by atoms with Crippen LogP contribution >= 0.6 is 23.2 Å². The highest BCUT2D eigenvalue weighted by atomic mass is 35.5. The molecule has 0 aliphatic carbocycles. The van der Waals surface area contributed by atoms with Gasteiger partial charge in [0.1, 0.15) is 11.6 Å². The number of aliphatic hydroxyl groups excluding tert-OH is 1. The summed E-state index contributed by atoms with van der Waals surface area (Å²) in [7, 11) is 1.49. The molecule has 0 aromatic heterocycles. The summed E-state index contributed by atoms with van der Waals surface area (Å²) in [5.74, 6) is -0.0476. The van der Waals surface area contributed by atoms with Crippen LogP contribution in [0.25, 0.3) is 0 Å². The smallest absolute Gasteiger partial charge is 0.145 e. The van der Waals surface area contributed by atoms with Crippen molar-refractivity contribution in [3.63, 3.8) is 0 Å². The summed E-state index contributed by atoms with van der Waals surface area (Å²) in [4.78, 5) is 0. The van der Waals surface area contributed by atoms with Gasteiger partial charge in [0, 0.05) is 17.0 Å². The van der Waals surface area contributed by atoms with E-state index in [4.69, 9.17) is 27.9 Å². The lowest BCUT2D eigenvalue weighted by Gasteiger charge is -2.15. The van der Waals surface area contributed by atoms with Crippen molar-refractivity contribution >= 4 is 23.2 Å². The second kappa shape index (κ2) is 6.44. The number of hydrogen-bond acceptors (Lipinski definition) is 2. The molecule has 2 aromatic carbocycles. The van der Waals surface area contributed by atoms with Crippen LogP contribution in [0.15, 0.2) is 36.4 Å². The largest absolute Gasteiger partial charge is 0.496 e. The number of halogens is 3. The fourth-order valence-electron chi connectivity index (χ4n) is 1.98. The Labute approximate surface area is 126 Å². The molecule has 0 saturated heterocycles. The van der Waals surface area contributed by atoms with Crippen molar-refractivity contribution in [2.45, 2.75) is 12.5 Å². The molecule has 2 aromatic rings. The third-order valence-electron chi connectivity index (χ3n) is 3.00. The fraction of sp³-hybridized carbons (Fsp3) is 0.200. The van der Waals surface area contributed by atoms with Gasteiger partial charge in [-0.2, -0.15) is 0 Å². The molecule has 0 bridgehead atoms. The summed E-state index contributed by atoms with van der Waals surface area (Å²) in [5.41, 5.74) is 0.901. The first-order chi connectivity index (χ1) is 9.52. The third kappa shape index (κ3) is 3.23. The summed E-state index contributed by atoms with van der Waals surface area (Å²) in [6.45, 7) is 0. The number of aliphatic hydroxyl groups is 1. The molecule has 1 N–H and O–H groups in total. The van der Waals surface area contributed by atoms with Gasteiger partial charge in [0.2, 0.25) is 0 Å². The van der Waals surface area contributed by atoms with Crippen LogP contribution in [0.2, 0.25) is 10.0 Å². The van der Waals surface area contributed by atoms with Crippen LogP contribution in [0.1, 0.15) is 17.2 Å².